The summed E-state index contributed by atoms with van der Waals surface area (Å²) in [5, 5.41) is 10.8. The third-order valence-electron chi connectivity index (χ3n) is 1.96. The van der Waals surface area contributed by atoms with Crippen molar-refractivity contribution in [3.8, 4) is 0 Å². The molecule has 16 heavy (non-hydrogen) atoms. The number of rotatable bonds is 7. The molecule has 0 aliphatic rings. The summed E-state index contributed by atoms with van der Waals surface area (Å²) in [6, 6.07) is 0. The van der Waals surface area contributed by atoms with E-state index in [0.29, 0.717) is 0 Å². The van der Waals surface area contributed by atoms with Crippen LogP contribution in [0.1, 0.15) is 65.2 Å². The lowest BCUT2D eigenvalue weighted by Crippen LogP contribution is -1.77. The minimum Gasteiger partial charge on any atom is -0.222 e. The fourth-order valence-corrected chi connectivity index (χ4v) is 1.21. The molecule has 0 saturated carbocycles. The van der Waals surface area contributed by atoms with E-state index in [0.717, 1.165) is 12.2 Å². The summed E-state index contributed by atoms with van der Waals surface area (Å²) >= 11 is 0. The zero-order valence-electron chi connectivity index (χ0n) is 10.5. The number of nitrogens with one attached hydrogen (secondary N) is 2. The van der Waals surface area contributed by atoms with Crippen molar-refractivity contribution in [3.05, 3.63) is 0 Å². The Morgan fingerprint density at radius 1 is 0.688 bits per heavy atom. The Bertz CT molecular complexity index is 150. The molecule has 0 fully saturated rings. The summed E-state index contributed by atoms with van der Waals surface area (Å²) in [4.78, 5) is 16.7. The Kier molecular flexibility index (Phi) is 36.9. The van der Waals surface area contributed by atoms with Gasteiger partial charge in [0.15, 0.2) is 0 Å². The zero-order valence-corrected chi connectivity index (χ0v) is 10.5. The fourth-order valence-electron chi connectivity index (χ4n) is 1.21. The van der Waals surface area contributed by atoms with E-state index in [1.807, 2.05) is 0 Å². The van der Waals surface area contributed by atoms with Crippen LogP contribution in [-0.4, -0.2) is 12.2 Å². The first-order valence-corrected chi connectivity index (χ1v) is 5.82. The van der Waals surface area contributed by atoms with Crippen molar-refractivity contribution < 1.29 is 9.59 Å². The molecule has 0 heterocycles. The topological polar surface area (TPSA) is 81.8 Å². The number of isocyanates is 2. The van der Waals surface area contributed by atoms with Crippen LogP contribution in [0.25, 0.3) is 0 Å². The SMILES string of the molecule is CCCCCCCCCC.N=C=O.N=C=O. The highest BCUT2D eigenvalue weighted by molar-refractivity contribution is 5.26. The average Bonchev–Trinajstić information content (AvgIpc) is 2.26. The molecule has 4 heteroatoms. The Balaban J connectivity index is -0.000000235. The molecule has 4 nitrogen and oxygen atoms in total. The molecule has 0 rings (SSSR count). The Morgan fingerprint density at radius 2 is 0.875 bits per heavy atom. The molecule has 0 aliphatic carbocycles. The zero-order chi connectivity index (χ0) is 13.1. The van der Waals surface area contributed by atoms with E-state index >= 15 is 0 Å². The smallest absolute Gasteiger partial charge is 0.222 e. The number of hydrogen-bond acceptors (Lipinski definition) is 4. The maximum Gasteiger partial charge on any atom is 0.231 e. The van der Waals surface area contributed by atoms with Gasteiger partial charge in [0.05, 0.1) is 0 Å². The summed E-state index contributed by atoms with van der Waals surface area (Å²) in [5.41, 5.74) is 0. The molecule has 0 atom stereocenters. The summed E-state index contributed by atoms with van der Waals surface area (Å²) in [6.45, 7) is 4.54. The lowest BCUT2D eigenvalue weighted by atomic mass is 10.1. The van der Waals surface area contributed by atoms with Crippen LogP contribution in [0, 0.1) is 10.8 Å². The first-order chi connectivity index (χ1) is 7.74. The standard InChI is InChI=1S/C10H22.2CHNO/c1-3-5-7-9-10-8-6-4-2;2*2-1-3/h3-10H2,1-2H3;2*2H. The molecular formula is C12H24N2O2. The van der Waals surface area contributed by atoms with Crippen molar-refractivity contribution >= 4 is 12.2 Å². The summed E-state index contributed by atoms with van der Waals surface area (Å²) in [7, 11) is 0. The van der Waals surface area contributed by atoms with E-state index < -0.39 is 0 Å². The van der Waals surface area contributed by atoms with Crippen LogP contribution in [0.4, 0.5) is 0 Å². The maximum atomic E-state index is 8.35. The number of unbranched alkanes of at least 4 members (excludes halogenated alkanes) is 7. The van der Waals surface area contributed by atoms with Crippen LogP contribution in [-0.2, 0) is 9.59 Å². The van der Waals surface area contributed by atoms with Crippen molar-refractivity contribution in [3.63, 3.8) is 0 Å². The van der Waals surface area contributed by atoms with Gasteiger partial charge in [-0.1, -0.05) is 65.2 Å². The predicted molar refractivity (Wildman–Crippen MR) is 65.1 cm³/mol. The van der Waals surface area contributed by atoms with Gasteiger partial charge in [-0.05, 0) is 0 Å². The van der Waals surface area contributed by atoms with Crippen LogP contribution < -0.4 is 0 Å². The molecule has 0 amide bonds. The van der Waals surface area contributed by atoms with Crippen LogP contribution >= 0.6 is 0 Å². The molecule has 0 radical (unpaired) electrons. The number of hydrogen-bond donors (Lipinski definition) is 2. The van der Waals surface area contributed by atoms with E-state index in [9.17, 15) is 0 Å². The van der Waals surface area contributed by atoms with Crippen LogP contribution in [0.2, 0.25) is 0 Å². The van der Waals surface area contributed by atoms with E-state index in [4.69, 9.17) is 20.4 Å². The molecule has 0 saturated heterocycles. The van der Waals surface area contributed by atoms with E-state index in [-0.39, 0.29) is 0 Å². The van der Waals surface area contributed by atoms with Crippen LogP contribution in [0.15, 0.2) is 0 Å². The maximum absolute atomic E-state index is 8.35. The lowest BCUT2D eigenvalue weighted by molar-refractivity contribution is 0.562. The van der Waals surface area contributed by atoms with Gasteiger partial charge in [0, 0.05) is 0 Å². The van der Waals surface area contributed by atoms with Gasteiger partial charge in [0.2, 0.25) is 12.2 Å². The van der Waals surface area contributed by atoms with E-state index in [1.54, 1.807) is 0 Å². The van der Waals surface area contributed by atoms with Crippen LogP contribution in [0.3, 0.4) is 0 Å². The van der Waals surface area contributed by atoms with Crippen LogP contribution in [0.5, 0.6) is 0 Å². The molecule has 0 unspecified atom stereocenters. The van der Waals surface area contributed by atoms with Gasteiger partial charge in [0.1, 0.15) is 0 Å². The normalized spacial score (nSPS) is 7.38. The van der Waals surface area contributed by atoms with Gasteiger partial charge in [-0.3, -0.25) is 0 Å². The van der Waals surface area contributed by atoms with Gasteiger partial charge in [-0.25, -0.2) is 20.4 Å². The van der Waals surface area contributed by atoms with Gasteiger partial charge in [-0.2, -0.15) is 0 Å². The van der Waals surface area contributed by atoms with Crippen molar-refractivity contribution in [1.82, 2.24) is 0 Å². The highest BCUT2D eigenvalue weighted by Gasteiger charge is 1.87. The highest BCUT2D eigenvalue weighted by atomic mass is 16.1. The molecule has 0 aliphatic heterocycles. The molecular weight excluding hydrogens is 204 g/mol. The molecule has 0 aromatic heterocycles. The van der Waals surface area contributed by atoms with E-state index in [2.05, 4.69) is 13.8 Å². The third kappa shape index (κ3) is 53.2. The minimum atomic E-state index is 0.750. The molecule has 94 valence electrons. The van der Waals surface area contributed by atoms with Crippen molar-refractivity contribution in [2.45, 2.75) is 65.2 Å². The summed E-state index contributed by atoms with van der Waals surface area (Å²) in [6.07, 6.45) is 13.0. The molecule has 0 aromatic carbocycles. The van der Waals surface area contributed by atoms with Gasteiger partial charge in [0.25, 0.3) is 0 Å². The highest BCUT2D eigenvalue weighted by Crippen LogP contribution is 2.07. The summed E-state index contributed by atoms with van der Waals surface area (Å²) in [5.74, 6) is 0. The first-order valence-electron chi connectivity index (χ1n) is 5.82. The molecule has 0 spiro atoms. The van der Waals surface area contributed by atoms with Gasteiger partial charge < -0.3 is 0 Å². The molecule has 2 N–H and O–H groups in total. The Morgan fingerprint density at radius 3 is 1.06 bits per heavy atom. The quantitative estimate of drug-likeness (QED) is 0.393. The Hall–Kier alpha value is -1.24. The minimum absolute atomic E-state index is 0.750. The van der Waals surface area contributed by atoms with Gasteiger partial charge in [-0.15, -0.1) is 0 Å². The Labute approximate surface area is 98.5 Å². The van der Waals surface area contributed by atoms with Crippen molar-refractivity contribution in [2.24, 2.45) is 0 Å². The number of carbonyl (C=O) groups excluding carboxylic acids is 2. The monoisotopic (exact) mass is 228 g/mol. The predicted octanol–water partition coefficient (Wildman–Crippen LogP) is 3.95. The summed E-state index contributed by atoms with van der Waals surface area (Å²) < 4.78 is 0. The molecule has 0 aromatic rings. The molecule has 0 bridgehead atoms. The fraction of sp³-hybridized carbons (Fsp3) is 0.833. The lowest BCUT2D eigenvalue weighted by Gasteiger charge is -1.97. The first kappa shape index (κ1) is 20.2. The second kappa shape index (κ2) is 29.2. The van der Waals surface area contributed by atoms with E-state index in [1.165, 1.54) is 51.4 Å². The second-order valence-electron chi connectivity index (χ2n) is 3.33. The average molecular weight is 228 g/mol. The largest absolute Gasteiger partial charge is 0.231 e. The third-order valence-corrected chi connectivity index (χ3v) is 1.96. The van der Waals surface area contributed by atoms with Gasteiger partial charge >= 0.3 is 0 Å². The van der Waals surface area contributed by atoms with Crippen molar-refractivity contribution in [2.75, 3.05) is 0 Å². The second-order valence-corrected chi connectivity index (χ2v) is 3.33. The van der Waals surface area contributed by atoms with Crippen molar-refractivity contribution in [1.29, 1.82) is 10.8 Å².